The molecule has 2 aromatic carbocycles. The van der Waals surface area contributed by atoms with Crippen LogP contribution in [0.1, 0.15) is 55.8 Å². The summed E-state index contributed by atoms with van der Waals surface area (Å²) in [6, 6.07) is 12.2. The number of carbonyl (C=O) groups excluding carboxylic acids is 1. The molecule has 7 heteroatoms. The molecule has 0 heterocycles. The van der Waals surface area contributed by atoms with Crippen LogP contribution in [0.15, 0.2) is 56.7 Å². The van der Waals surface area contributed by atoms with Crippen LogP contribution in [0.4, 0.5) is 5.69 Å². The fraction of sp³-hybridized carbons (Fsp3) is 0.381. The van der Waals surface area contributed by atoms with Gasteiger partial charge in [-0.3, -0.25) is 14.9 Å². The fourth-order valence-corrected chi connectivity index (χ4v) is 3.89. The highest BCUT2D eigenvalue weighted by Gasteiger charge is 2.18. The third-order valence-corrected chi connectivity index (χ3v) is 5.88. The molecule has 0 atom stereocenters. The van der Waals surface area contributed by atoms with E-state index in [0.717, 1.165) is 22.2 Å². The van der Waals surface area contributed by atoms with Gasteiger partial charge >= 0.3 is 0 Å². The Bertz CT molecular complexity index is 797. The van der Waals surface area contributed by atoms with Gasteiger partial charge in [-0.25, -0.2) is 0 Å². The lowest BCUT2D eigenvalue weighted by molar-refractivity contribution is -0.387. The molecular weight excluding hydrogens is 440 g/mol. The zero-order valence-electron chi connectivity index (χ0n) is 15.9. The lowest BCUT2D eigenvalue weighted by Gasteiger charge is -2.08. The number of amides is 1. The van der Waals surface area contributed by atoms with Crippen LogP contribution in [-0.2, 0) is 0 Å². The molecule has 0 aliphatic carbocycles. The summed E-state index contributed by atoms with van der Waals surface area (Å²) in [6.07, 6.45) is 6.88. The molecule has 0 bridgehead atoms. The molecule has 28 heavy (non-hydrogen) atoms. The number of nitrogens with one attached hydrogen (secondary N) is 1. The number of nitro benzene ring substituents is 1. The molecule has 1 amide bonds. The maximum absolute atomic E-state index is 12.3. The SMILES string of the molecule is CCCCCCCCNC(=O)c1ccc(Sc2ccc(Br)cc2)c([N+](=O)[O-])c1. The zero-order valence-corrected chi connectivity index (χ0v) is 18.4. The summed E-state index contributed by atoms with van der Waals surface area (Å²) in [7, 11) is 0. The van der Waals surface area contributed by atoms with E-state index in [0.29, 0.717) is 17.0 Å². The highest BCUT2D eigenvalue weighted by atomic mass is 79.9. The summed E-state index contributed by atoms with van der Waals surface area (Å²) in [5.74, 6) is -0.267. The van der Waals surface area contributed by atoms with Gasteiger partial charge in [0.1, 0.15) is 0 Å². The lowest BCUT2D eigenvalue weighted by atomic mass is 10.1. The predicted molar refractivity (Wildman–Crippen MR) is 117 cm³/mol. The normalized spacial score (nSPS) is 10.6. The first-order chi connectivity index (χ1) is 13.5. The van der Waals surface area contributed by atoms with E-state index in [2.05, 4.69) is 28.2 Å². The van der Waals surface area contributed by atoms with Gasteiger partial charge in [0.05, 0.1) is 9.82 Å². The van der Waals surface area contributed by atoms with Crippen molar-refractivity contribution in [2.24, 2.45) is 0 Å². The zero-order chi connectivity index (χ0) is 20.4. The van der Waals surface area contributed by atoms with Gasteiger partial charge in [-0.2, -0.15) is 0 Å². The molecule has 0 spiro atoms. The van der Waals surface area contributed by atoms with E-state index in [1.165, 1.54) is 43.5 Å². The van der Waals surface area contributed by atoms with E-state index in [9.17, 15) is 14.9 Å². The van der Waals surface area contributed by atoms with E-state index >= 15 is 0 Å². The van der Waals surface area contributed by atoms with Crippen LogP contribution in [0.5, 0.6) is 0 Å². The van der Waals surface area contributed by atoms with Crippen LogP contribution >= 0.6 is 27.7 Å². The van der Waals surface area contributed by atoms with Crippen molar-refractivity contribution in [2.75, 3.05) is 6.54 Å². The molecule has 0 aromatic heterocycles. The average molecular weight is 465 g/mol. The molecular formula is C21H25BrN2O3S. The van der Waals surface area contributed by atoms with Crippen molar-refractivity contribution < 1.29 is 9.72 Å². The van der Waals surface area contributed by atoms with Gasteiger partial charge < -0.3 is 5.32 Å². The number of unbranched alkanes of at least 4 members (excludes halogenated alkanes) is 5. The summed E-state index contributed by atoms with van der Waals surface area (Å²) in [6.45, 7) is 2.77. The molecule has 2 rings (SSSR count). The van der Waals surface area contributed by atoms with Gasteiger partial charge in [0.15, 0.2) is 0 Å². The Morgan fingerprint density at radius 1 is 1.07 bits per heavy atom. The quantitative estimate of drug-likeness (QED) is 0.231. The third-order valence-electron chi connectivity index (χ3n) is 4.28. The molecule has 5 nitrogen and oxygen atoms in total. The minimum absolute atomic E-state index is 0.0554. The van der Waals surface area contributed by atoms with Crippen molar-refractivity contribution in [2.45, 2.75) is 55.2 Å². The smallest absolute Gasteiger partial charge is 0.284 e. The van der Waals surface area contributed by atoms with E-state index < -0.39 is 4.92 Å². The van der Waals surface area contributed by atoms with Gasteiger partial charge in [-0.05, 0) is 42.8 Å². The standard InChI is InChI=1S/C21H25BrN2O3S/c1-2-3-4-5-6-7-14-23-21(25)16-8-13-20(19(15-16)24(26)27)28-18-11-9-17(22)10-12-18/h8-13,15H,2-7,14H2,1H3,(H,23,25). The number of halogens is 1. The summed E-state index contributed by atoms with van der Waals surface area (Å²) in [5, 5.41) is 14.3. The van der Waals surface area contributed by atoms with Crippen LogP contribution in [0.2, 0.25) is 0 Å². The highest BCUT2D eigenvalue weighted by molar-refractivity contribution is 9.10. The van der Waals surface area contributed by atoms with E-state index in [4.69, 9.17) is 0 Å². The second-order valence-electron chi connectivity index (χ2n) is 6.52. The predicted octanol–water partition coefficient (Wildman–Crippen LogP) is 6.60. The molecule has 0 unspecified atom stereocenters. The lowest BCUT2D eigenvalue weighted by Crippen LogP contribution is -2.24. The van der Waals surface area contributed by atoms with Crippen LogP contribution in [0.3, 0.4) is 0 Å². The van der Waals surface area contributed by atoms with Crippen molar-refractivity contribution in [3.8, 4) is 0 Å². The molecule has 0 aliphatic heterocycles. The molecule has 0 aliphatic rings. The summed E-state index contributed by atoms with van der Waals surface area (Å²) in [5.41, 5.74) is 0.262. The highest BCUT2D eigenvalue weighted by Crippen LogP contribution is 2.35. The van der Waals surface area contributed by atoms with Crippen molar-refractivity contribution >= 4 is 39.3 Å². The number of nitrogens with zero attached hydrogens (tertiary/aromatic N) is 1. The van der Waals surface area contributed by atoms with E-state index in [-0.39, 0.29) is 11.6 Å². The van der Waals surface area contributed by atoms with Crippen LogP contribution in [0, 0.1) is 10.1 Å². The first-order valence-electron chi connectivity index (χ1n) is 9.51. The topological polar surface area (TPSA) is 72.2 Å². The first kappa shape index (κ1) is 22.4. The van der Waals surface area contributed by atoms with Gasteiger partial charge in [0.25, 0.3) is 11.6 Å². The molecule has 150 valence electrons. The largest absolute Gasteiger partial charge is 0.352 e. The number of nitro groups is 1. The maximum atomic E-state index is 12.3. The van der Waals surface area contributed by atoms with Gasteiger partial charge in [0, 0.05) is 27.5 Å². The Kier molecular flexibility index (Phi) is 9.50. The molecule has 0 saturated heterocycles. The maximum Gasteiger partial charge on any atom is 0.284 e. The van der Waals surface area contributed by atoms with Crippen LogP contribution in [-0.4, -0.2) is 17.4 Å². The minimum atomic E-state index is -0.439. The Morgan fingerprint density at radius 3 is 2.43 bits per heavy atom. The molecule has 0 radical (unpaired) electrons. The minimum Gasteiger partial charge on any atom is -0.352 e. The van der Waals surface area contributed by atoms with Crippen LogP contribution < -0.4 is 5.32 Å². The average Bonchev–Trinajstić information content (AvgIpc) is 2.69. The number of hydrogen-bond acceptors (Lipinski definition) is 4. The van der Waals surface area contributed by atoms with Gasteiger partial charge in [-0.15, -0.1) is 0 Å². The van der Waals surface area contributed by atoms with Crippen molar-refractivity contribution in [1.29, 1.82) is 0 Å². The summed E-state index contributed by atoms with van der Waals surface area (Å²) >= 11 is 4.68. The Morgan fingerprint density at radius 2 is 1.75 bits per heavy atom. The van der Waals surface area contributed by atoms with Crippen molar-refractivity contribution in [3.05, 3.63) is 62.6 Å². The Balaban J connectivity index is 1.96. The second kappa shape index (κ2) is 11.9. The number of benzene rings is 2. The van der Waals surface area contributed by atoms with Gasteiger partial charge in [-0.1, -0.05) is 66.7 Å². The second-order valence-corrected chi connectivity index (χ2v) is 8.55. The molecule has 2 aromatic rings. The van der Waals surface area contributed by atoms with Crippen molar-refractivity contribution in [3.63, 3.8) is 0 Å². The number of carbonyl (C=O) groups is 1. The van der Waals surface area contributed by atoms with E-state index in [1.807, 2.05) is 24.3 Å². The fourth-order valence-electron chi connectivity index (χ4n) is 2.73. The third kappa shape index (κ3) is 7.28. The molecule has 1 N–H and O–H groups in total. The number of hydrogen-bond donors (Lipinski definition) is 1. The molecule has 0 saturated carbocycles. The van der Waals surface area contributed by atoms with Crippen molar-refractivity contribution in [1.82, 2.24) is 5.32 Å². The summed E-state index contributed by atoms with van der Waals surface area (Å²) < 4.78 is 0.948. The van der Waals surface area contributed by atoms with E-state index in [1.54, 1.807) is 12.1 Å². The Labute approximate surface area is 178 Å². The Hall–Kier alpha value is -1.86. The molecule has 0 fully saturated rings. The first-order valence-corrected chi connectivity index (χ1v) is 11.1. The van der Waals surface area contributed by atoms with Crippen LogP contribution in [0.25, 0.3) is 0 Å². The monoisotopic (exact) mass is 464 g/mol. The summed E-state index contributed by atoms with van der Waals surface area (Å²) in [4.78, 5) is 24.8. The van der Waals surface area contributed by atoms with Gasteiger partial charge in [0.2, 0.25) is 0 Å². The number of rotatable bonds is 11.